The lowest BCUT2D eigenvalue weighted by Gasteiger charge is -2.25. The van der Waals surface area contributed by atoms with Crippen LogP contribution in [0.25, 0.3) is 0 Å². The summed E-state index contributed by atoms with van der Waals surface area (Å²) in [6, 6.07) is 0. The molecule has 1 fully saturated rings. The molecule has 2 N–H and O–H groups in total. The Morgan fingerprint density at radius 1 is 1.24 bits per heavy atom. The van der Waals surface area contributed by atoms with Gasteiger partial charge in [0.25, 0.3) is 0 Å². The normalized spacial score (nSPS) is 25.8. The number of hydrogen-bond acceptors (Lipinski definition) is 4. The third-order valence-electron chi connectivity index (χ3n) is 3.88. The van der Waals surface area contributed by atoms with Gasteiger partial charge in [0, 0.05) is 26.1 Å². The van der Waals surface area contributed by atoms with Gasteiger partial charge in [0.2, 0.25) is 0 Å². The van der Waals surface area contributed by atoms with Crippen molar-refractivity contribution in [2.75, 3.05) is 13.2 Å². The first-order valence-corrected chi connectivity index (χ1v) is 6.60. The van der Waals surface area contributed by atoms with Crippen molar-refractivity contribution >= 4 is 0 Å². The van der Waals surface area contributed by atoms with Gasteiger partial charge in [-0.25, -0.2) is 0 Å². The maximum atomic E-state index is 6.15. The molecule has 3 heterocycles. The third kappa shape index (κ3) is 2.21. The molecule has 1 atom stereocenters. The van der Waals surface area contributed by atoms with E-state index in [0.717, 1.165) is 63.4 Å². The van der Waals surface area contributed by atoms with Crippen LogP contribution in [0.3, 0.4) is 0 Å². The number of hydrogen-bond donors (Lipinski definition) is 1. The summed E-state index contributed by atoms with van der Waals surface area (Å²) in [7, 11) is 0. The first kappa shape index (κ1) is 11.2. The van der Waals surface area contributed by atoms with Crippen molar-refractivity contribution in [1.29, 1.82) is 0 Å². The van der Waals surface area contributed by atoms with Gasteiger partial charge in [-0.05, 0) is 31.6 Å². The van der Waals surface area contributed by atoms with Gasteiger partial charge >= 0.3 is 0 Å². The van der Waals surface area contributed by atoms with Gasteiger partial charge in [0.1, 0.15) is 11.6 Å². The van der Waals surface area contributed by atoms with Crippen molar-refractivity contribution < 1.29 is 4.74 Å². The smallest absolute Gasteiger partial charge is 0.134 e. The molecule has 2 aliphatic heterocycles. The number of fused-ring (bicyclic) bond motifs is 1. The van der Waals surface area contributed by atoms with Crippen molar-refractivity contribution in [2.45, 2.75) is 44.7 Å². The summed E-state index contributed by atoms with van der Waals surface area (Å²) in [6.45, 7) is 1.77. The molecule has 3 rings (SSSR count). The number of ether oxygens (including phenoxy) is 1. The molecule has 5 nitrogen and oxygen atoms in total. The van der Waals surface area contributed by atoms with Crippen LogP contribution in [0.4, 0.5) is 0 Å². The molecule has 5 heteroatoms. The fourth-order valence-corrected chi connectivity index (χ4v) is 2.86. The van der Waals surface area contributed by atoms with Gasteiger partial charge in [0.05, 0.1) is 6.17 Å². The highest BCUT2D eigenvalue weighted by molar-refractivity contribution is 5.02. The largest absolute Gasteiger partial charge is 0.381 e. The highest BCUT2D eigenvalue weighted by Crippen LogP contribution is 2.25. The number of aromatic nitrogens is 3. The molecule has 0 aliphatic carbocycles. The fourth-order valence-electron chi connectivity index (χ4n) is 2.86. The summed E-state index contributed by atoms with van der Waals surface area (Å²) in [5, 5.41) is 8.61. The summed E-state index contributed by atoms with van der Waals surface area (Å²) in [6.07, 6.45) is 6.57. The standard InChI is InChI=1S/C12H20N4O/c13-10-2-1-3-11-14-15-12(16(10)11)8-9-4-6-17-7-5-9/h9-10H,1-8,13H2. The lowest BCUT2D eigenvalue weighted by Crippen LogP contribution is -2.28. The molecule has 0 radical (unpaired) electrons. The van der Waals surface area contributed by atoms with Gasteiger partial charge in [-0.15, -0.1) is 10.2 Å². The predicted octanol–water partition coefficient (Wildman–Crippen LogP) is 1.04. The first-order valence-electron chi connectivity index (χ1n) is 6.60. The van der Waals surface area contributed by atoms with Crippen LogP contribution in [0, 0.1) is 5.92 Å². The average Bonchev–Trinajstić information content (AvgIpc) is 2.75. The van der Waals surface area contributed by atoms with E-state index in [9.17, 15) is 0 Å². The van der Waals surface area contributed by atoms with Gasteiger partial charge < -0.3 is 10.5 Å². The quantitative estimate of drug-likeness (QED) is 0.833. The Morgan fingerprint density at radius 2 is 2.06 bits per heavy atom. The Bertz CT molecular complexity index is 384. The molecule has 0 amide bonds. The third-order valence-corrected chi connectivity index (χ3v) is 3.88. The second-order valence-corrected chi connectivity index (χ2v) is 5.12. The first-order chi connectivity index (χ1) is 8.34. The van der Waals surface area contributed by atoms with E-state index in [2.05, 4.69) is 14.8 Å². The van der Waals surface area contributed by atoms with E-state index >= 15 is 0 Å². The van der Waals surface area contributed by atoms with Gasteiger partial charge in [-0.2, -0.15) is 0 Å². The molecule has 0 spiro atoms. The van der Waals surface area contributed by atoms with E-state index in [1.165, 1.54) is 0 Å². The predicted molar refractivity (Wildman–Crippen MR) is 63.4 cm³/mol. The zero-order valence-corrected chi connectivity index (χ0v) is 10.1. The van der Waals surface area contributed by atoms with Crippen molar-refractivity contribution in [3.63, 3.8) is 0 Å². The number of aryl methyl sites for hydroxylation is 1. The van der Waals surface area contributed by atoms with Gasteiger partial charge in [-0.1, -0.05) is 0 Å². The fraction of sp³-hybridized carbons (Fsp3) is 0.833. The highest BCUT2D eigenvalue weighted by Gasteiger charge is 2.24. The molecule has 1 saturated heterocycles. The Labute approximate surface area is 101 Å². The van der Waals surface area contributed by atoms with Crippen LogP contribution in [0.5, 0.6) is 0 Å². The van der Waals surface area contributed by atoms with Crippen LogP contribution in [-0.4, -0.2) is 28.0 Å². The van der Waals surface area contributed by atoms with Crippen LogP contribution >= 0.6 is 0 Å². The Hall–Kier alpha value is -0.940. The van der Waals surface area contributed by atoms with Crippen LogP contribution < -0.4 is 5.73 Å². The monoisotopic (exact) mass is 236 g/mol. The molecule has 0 aromatic carbocycles. The van der Waals surface area contributed by atoms with Gasteiger partial charge in [0.15, 0.2) is 0 Å². The summed E-state index contributed by atoms with van der Waals surface area (Å²) in [5.41, 5.74) is 6.15. The van der Waals surface area contributed by atoms with Crippen LogP contribution in [-0.2, 0) is 17.6 Å². The zero-order valence-electron chi connectivity index (χ0n) is 10.1. The topological polar surface area (TPSA) is 66.0 Å². The zero-order chi connectivity index (χ0) is 11.7. The number of nitrogens with zero attached hydrogens (tertiary/aromatic N) is 3. The van der Waals surface area contributed by atoms with Crippen molar-refractivity contribution in [1.82, 2.24) is 14.8 Å². The average molecular weight is 236 g/mol. The van der Waals surface area contributed by atoms with Crippen molar-refractivity contribution in [2.24, 2.45) is 11.7 Å². The molecule has 94 valence electrons. The molecule has 1 aromatic heterocycles. The van der Waals surface area contributed by atoms with Crippen LogP contribution in [0.15, 0.2) is 0 Å². The Morgan fingerprint density at radius 3 is 2.88 bits per heavy atom. The number of rotatable bonds is 2. The Balaban J connectivity index is 1.76. The molecule has 1 aromatic rings. The van der Waals surface area contributed by atoms with E-state index in [1.807, 2.05) is 0 Å². The Kier molecular flexibility index (Phi) is 3.11. The molecule has 17 heavy (non-hydrogen) atoms. The van der Waals surface area contributed by atoms with E-state index in [4.69, 9.17) is 10.5 Å². The SMILES string of the molecule is NC1CCCc2nnc(CC3CCOCC3)n21. The van der Waals surface area contributed by atoms with E-state index in [1.54, 1.807) is 0 Å². The molecular weight excluding hydrogens is 216 g/mol. The minimum atomic E-state index is 0.0867. The second kappa shape index (κ2) is 4.74. The summed E-state index contributed by atoms with van der Waals surface area (Å²) < 4.78 is 7.55. The van der Waals surface area contributed by atoms with Crippen molar-refractivity contribution in [3.8, 4) is 0 Å². The summed E-state index contributed by atoms with van der Waals surface area (Å²) >= 11 is 0. The van der Waals surface area contributed by atoms with Crippen LogP contribution in [0.2, 0.25) is 0 Å². The molecule has 2 aliphatic rings. The van der Waals surface area contributed by atoms with Crippen LogP contribution in [0.1, 0.15) is 43.5 Å². The number of nitrogens with two attached hydrogens (primary N) is 1. The van der Waals surface area contributed by atoms with E-state index in [-0.39, 0.29) is 6.17 Å². The molecule has 0 saturated carbocycles. The lowest BCUT2D eigenvalue weighted by molar-refractivity contribution is 0.0655. The molecule has 1 unspecified atom stereocenters. The highest BCUT2D eigenvalue weighted by atomic mass is 16.5. The van der Waals surface area contributed by atoms with E-state index < -0.39 is 0 Å². The minimum absolute atomic E-state index is 0.0867. The summed E-state index contributed by atoms with van der Waals surface area (Å²) in [5.74, 6) is 2.84. The second-order valence-electron chi connectivity index (χ2n) is 5.12. The lowest BCUT2D eigenvalue weighted by atomic mass is 9.96. The minimum Gasteiger partial charge on any atom is -0.381 e. The maximum absolute atomic E-state index is 6.15. The molecule has 0 bridgehead atoms. The maximum Gasteiger partial charge on any atom is 0.134 e. The van der Waals surface area contributed by atoms with Gasteiger partial charge in [-0.3, -0.25) is 4.57 Å². The summed E-state index contributed by atoms with van der Waals surface area (Å²) in [4.78, 5) is 0. The molecular formula is C12H20N4O. The van der Waals surface area contributed by atoms with Crippen molar-refractivity contribution in [3.05, 3.63) is 11.6 Å². The van der Waals surface area contributed by atoms with E-state index in [0.29, 0.717) is 5.92 Å².